The lowest BCUT2D eigenvalue weighted by Gasteiger charge is -2.27. The van der Waals surface area contributed by atoms with Crippen molar-refractivity contribution in [1.29, 1.82) is 0 Å². The van der Waals surface area contributed by atoms with Crippen molar-refractivity contribution in [3.63, 3.8) is 0 Å². The van der Waals surface area contributed by atoms with Crippen molar-refractivity contribution in [2.24, 2.45) is 0 Å². The van der Waals surface area contributed by atoms with E-state index in [-0.39, 0.29) is 24.6 Å². The SMILES string of the molecule is O=S(=O)(c1ccc2c(c1)OCCO2)N(Cc1ccccc1)CC(O)COC(c1ccccc1)c1ccccc1. The van der Waals surface area contributed by atoms with Gasteiger partial charge in [-0.1, -0.05) is 91.0 Å². The molecule has 7 nitrogen and oxygen atoms in total. The number of aliphatic hydroxyl groups excluding tert-OH is 1. The first-order valence-corrected chi connectivity index (χ1v) is 14.3. The minimum absolute atomic E-state index is 0.0591. The molecule has 0 spiro atoms. The molecular weight excluding hydrogens is 514 g/mol. The van der Waals surface area contributed by atoms with Crippen molar-refractivity contribution < 1.29 is 27.7 Å². The van der Waals surface area contributed by atoms with E-state index in [1.54, 1.807) is 6.07 Å². The number of nitrogens with zero attached hydrogens (tertiary/aromatic N) is 1. The molecule has 0 saturated heterocycles. The second-order valence-electron chi connectivity index (χ2n) is 9.28. The Morgan fingerprint density at radius 1 is 0.769 bits per heavy atom. The highest BCUT2D eigenvalue weighted by molar-refractivity contribution is 7.89. The second-order valence-corrected chi connectivity index (χ2v) is 11.2. The maximum atomic E-state index is 13.8. The highest BCUT2D eigenvalue weighted by Gasteiger charge is 2.29. The summed E-state index contributed by atoms with van der Waals surface area (Å²) in [4.78, 5) is 0.0715. The molecular formula is C31H31NO6S. The van der Waals surface area contributed by atoms with Crippen LogP contribution in [0.5, 0.6) is 11.5 Å². The third-order valence-corrected chi connectivity index (χ3v) is 8.24. The number of ether oxygens (including phenoxy) is 3. The Morgan fingerprint density at radius 3 is 1.95 bits per heavy atom. The minimum atomic E-state index is -3.99. The molecule has 1 heterocycles. The van der Waals surface area contributed by atoms with E-state index in [2.05, 4.69) is 0 Å². The molecule has 8 heteroatoms. The van der Waals surface area contributed by atoms with Crippen LogP contribution < -0.4 is 9.47 Å². The van der Waals surface area contributed by atoms with Gasteiger partial charge in [0.25, 0.3) is 0 Å². The van der Waals surface area contributed by atoms with E-state index in [9.17, 15) is 13.5 Å². The molecule has 1 atom stereocenters. The highest BCUT2D eigenvalue weighted by atomic mass is 32.2. The first-order chi connectivity index (χ1) is 19.0. The number of sulfonamides is 1. The molecule has 0 aromatic heterocycles. The number of hydrogen-bond acceptors (Lipinski definition) is 6. The maximum absolute atomic E-state index is 13.8. The molecule has 0 radical (unpaired) electrons. The summed E-state index contributed by atoms with van der Waals surface area (Å²) in [7, 11) is -3.99. The van der Waals surface area contributed by atoms with Crippen LogP contribution in [0.2, 0.25) is 0 Å². The van der Waals surface area contributed by atoms with Crippen molar-refractivity contribution in [1.82, 2.24) is 4.31 Å². The van der Waals surface area contributed by atoms with Gasteiger partial charge in [-0.3, -0.25) is 0 Å². The zero-order valence-corrected chi connectivity index (χ0v) is 22.2. The van der Waals surface area contributed by atoms with Crippen LogP contribution in [0.1, 0.15) is 22.8 Å². The summed E-state index contributed by atoms with van der Waals surface area (Å²) < 4.78 is 46.3. The Bertz CT molecular complexity index is 1410. The predicted molar refractivity (Wildman–Crippen MR) is 148 cm³/mol. The Balaban J connectivity index is 1.36. The van der Waals surface area contributed by atoms with Gasteiger partial charge in [0, 0.05) is 19.2 Å². The summed E-state index contributed by atoms with van der Waals surface area (Å²) in [6, 6.07) is 33.4. The zero-order chi connectivity index (χ0) is 27.1. The molecule has 1 unspecified atom stereocenters. The molecule has 0 bridgehead atoms. The summed E-state index contributed by atoms with van der Waals surface area (Å²) in [5.74, 6) is 0.899. The van der Waals surface area contributed by atoms with Gasteiger partial charge < -0.3 is 19.3 Å². The summed E-state index contributed by atoms with van der Waals surface area (Å²) in [5, 5.41) is 11.1. The van der Waals surface area contributed by atoms with Crippen LogP contribution in [-0.4, -0.2) is 50.3 Å². The first kappa shape index (κ1) is 26.9. The summed E-state index contributed by atoms with van der Waals surface area (Å²) in [6.45, 7) is 0.649. The van der Waals surface area contributed by atoms with E-state index in [1.807, 2.05) is 91.0 Å². The quantitative estimate of drug-likeness (QED) is 0.291. The molecule has 202 valence electrons. The van der Waals surface area contributed by atoms with Gasteiger partial charge in [-0.25, -0.2) is 8.42 Å². The minimum Gasteiger partial charge on any atom is -0.486 e. The van der Waals surface area contributed by atoms with Crippen LogP contribution in [0.4, 0.5) is 0 Å². The summed E-state index contributed by atoms with van der Waals surface area (Å²) in [5.41, 5.74) is 2.69. The molecule has 0 aliphatic carbocycles. The third-order valence-electron chi connectivity index (χ3n) is 6.43. The molecule has 5 rings (SSSR count). The summed E-state index contributed by atoms with van der Waals surface area (Å²) >= 11 is 0. The van der Waals surface area contributed by atoms with Crippen molar-refractivity contribution in [2.75, 3.05) is 26.4 Å². The number of aliphatic hydroxyl groups is 1. The van der Waals surface area contributed by atoms with Crippen LogP contribution in [-0.2, 0) is 21.3 Å². The van der Waals surface area contributed by atoms with E-state index >= 15 is 0 Å². The Hall–Kier alpha value is -3.69. The molecule has 0 amide bonds. The lowest BCUT2D eigenvalue weighted by Crippen LogP contribution is -2.39. The smallest absolute Gasteiger partial charge is 0.243 e. The second kappa shape index (κ2) is 12.4. The van der Waals surface area contributed by atoms with Gasteiger partial charge in [-0.2, -0.15) is 4.31 Å². The van der Waals surface area contributed by atoms with E-state index in [0.29, 0.717) is 24.7 Å². The van der Waals surface area contributed by atoms with E-state index in [0.717, 1.165) is 16.7 Å². The Labute approximate surface area is 229 Å². The fraction of sp³-hybridized carbons (Fsp3) is 0.226. The molecule has 1 aliphatic rings. The van der Waals surface area contributed by atoms with Gasteiger partial charge in [0.2, 0.25) is 10.0 Å². The van der Waals surface area contributed by atoms with Gasteiger partial charge in [-0.15, -0.1) is 0 Å². The van der Waals surface area contributed by atoms with E-state index < -0.39 is 22.2 Å². The fourth-order valence-corrected chi connectivity index (χ4v) is 5.99. The molecule has 4 aromatic carbocycles. The standard InChI is InChI=1S/C31H31NO6S/c33-27(23-38-31(25-12-6-2-7-13-25)26-14-8-3-9-15-26)22-32(21-24-10-4-1-5-11-24)39(34,35)28-16-17-29-30(20-28)37-19-18-36-29/h1-17,20,27,31,33H,18-19,21-23H2. The van der Waals surface area contributed by atoms with Crippen molar-refractivity contribution >= 4 is 10.0 Å². The zero-order valence-electron chi connectivity index (χ0n) is 21.4. The monoisotopic (exact) mass is 545 g/mol. The molecule has 39 heavy (non-hydrogen) atoms. The number of benzene rings is 4. The van der Waals surface area contributed by atoms with Crippen molar-refractivity contribution in [3.05, 3.63) is 126 Å². The molecule has 4 aromatic rings. The first-order valence-electron chi connectivity index (χ1n) is 12.8. The summed E-state index contributed by atoms with van der Waals surface area (Å²) in [6.07, 6.45) is -1.48. The fourth-order valence-electron chi connectivity index (χ4n) is 4.50. The Kier molecular flexibility index (Phi) is 8.58. The normalized spacial score (nSPS) is 13.9. The van der Waals surface area contributed by atoms with Crippen LogP contribution in [0.25, 0.3) is 0 Å². The topological polar surface area (TPSA) is 85.3 Å². The lowest BCUT2D eigenvalue weighted by molar-refractivity contribution is -0.000780. The van der Waals surface area contributed by atoms with E-state index in [4.69, 9.17) is 14.2 Å². The van der Waals surface area contributed by atoms with Crippen molar-refractivity contribution in [2.45, 2.75) is 23.6 Å². The average molecular weight is 546 g/mol. The molecule has 1 aliphatic heterocycles. The van der Waals surface area contributed by atoms with E-state index in [1.165, 1.54) is 16.4 Å². The average Bonchev–Trinajstić information content (AvgIpc) is 2.98. The van der Waals surface area contributed by atoms with Crippen molar-refractivity contribution in [3.8, 4) is 11.5 Å². The third kappa shape index (κ3) is 6.66. The molecule has 0 saturated carbocycles. The van der Waals surface area contributed by atoms with Gasteiger partial charge in [0.1, 0.15) is 19.3 Å². The maximum Gasteiger partial charge on any atom is 0.243 e. The van der Waals surface area contributed by atoms with Gasteiger partial charge >= 0.3 is 0 Å². The highest BCUT2D eigenvalue weighted by Crippen LogP contribution is 2.33. The number of hydrogen-bond donors (Lipinski definition) is 1. The predicted octanol–water partition coefficient (Wildman–Crippen LogP) is 4.82. The van der Waals surface area contributed by atoms with Crippen LogP contribution in [0.15, 0.2) is 114 Å². The van der Waals surface area contributed by atoms with Gasteiger partial charge in [-0.05, 0) is 28.8 Å². The van der Waals surface area contributed by atoms with Gasteiger partial charge in [0.05, 0.1) is 17.6 Å². The van der Waals surface area contributed by atoms with Crippen LogP contribution in [0, 0.1) is 0 Å². The van der Waals surface area contributed by atoms with Gasteiger partial charge in [0.15, 0.2) is 11.5 Å². The lowest BCUT2D eigenvalue weighted by atomic mass is 10.0. The van der Waals surface area contributed by atoms with Crippen LogP contribution >= 0.6 is 0 Å². The number of fused-ring (bicyclic) bond motifs is 1. The molecule has 1 N–H and O–H groups in total. The Morgan fingerprint density at radius 2 is 1.33 bits per heavy atom. The molecule has 0 fully saturated rings. The van der Waals surface area contributed by atoms with Crippen LogP contribution in [0.3, 0.4) is 0 Å². The largest absolute Gasteiger partial charge is 0.486 e. The number of rotatable bonds is 11.